The molecular weight excluding hydrogens is 360 g/mol. The highest BCUT2D eigenvalue weighted by atomic mass is 16.5. The minimum atomic E-state index is -0.445. The molecule has 1 aromatic rings. The lowest BCUT2D eigenvalue weighted by Gasteiger charge is -2.11. The number of carbonyl (C=O) groups is 2. The molecule has 0 saturated carbocycles. The Morgan fingerprint density at radius 3 is 1.57 bits per heavy atom. The van der Waals surface area contributed by atoms with E-state index in [0.29, 0.717) is 36.4 Å². The summed E-state index contributed by atoms with van der Waals surface area (Å²) in [5.74, 6) is -0.193. The second-order valence-electron chi connectivity index (χ2n) is 7.57. The van der Waals surface area contributed by atoms with Crippen molar-refractivity contribution in [3.8, 4) is 0 Å². The summed E-state index contributed by atoms with van der Waals surface area (Å²) >= 11 is 0. The number of hydrogen-bond donors (Lipinski definition) is 2. The first kappa shape index (κ1) is 19.9. The van der Waals surface area contributed by atoms with Crippen molar-refractivity contribution in [3.05, 3.63) is 24.3 Å². The van der Waals surface area contributed by atoms with Crippen molar-refractivity contribution in [2.45, 2.75) is 39.8 Å². The minimum Gasteiger partial charge on any atom is -0.472 e. The lowest BCUT2D eigenvalue weighted by atomic mass is 10.1. The first-order valence-corrected chi connectivity index (χ1v) is 9.48. The van der Waals surface area contributed by atoms with Gasteiger partial charge in [-0.3, -0.25) is 9.59 Å². The molecule has 3 rings (SSSR count). The van der Waals surface area contributed by atoms with Crippen molar-refractivity contribution in [2.75, 3.05) is 23.8 Å². The number of anilines is 2. The van der Waals surface area contributed by atoms with Crippen LogP contribution in [0.4, 0.5) is 11.4 Å². The van der Waals surface area contributed by atoms with Crippen molar-refractivity contribution >= 4 is 35.0 Å². The Morgan fingerprint density at radius 2 is 1.25 bits per heavy atom. The average Bonchev–Trinajstić information content (AvgIpc) is 3.33. The fourth-order valence-corrected chi connectivity index (χ4v) is 2.76. The van der Waals surface area contributed by atoms with Crippen LogP contribution in [0, 0.1) is 11.8 Å². The van der Waals surface area contributed by atoms with Crippen LogP contribution in [-0.2, 0) is 19.1 Å². The normalized spacial score (nSPS) is 21.1. The molecule has 2 N–H and O–H groups in total. The number of rotatable bonds is 6. The molecule has 0 fully saturated rings. The van der Waals surface area contributed by atoms with Gasteiger partial charge in [-0.15, -0.1) is 0 Å². The highest BCUT2D eigenvalue weighted by molar-refractivity contribution is 6.42. The topological polar surface area (TPSA) is 101 Å². The Bertz CT molecular complexity index is 749. The molecule has 2 aliphatic rings. The second-order valence-corrected chi connectivity index (χ2v) is 7.57. The Kier molecular flexibility index (Phi) is 5.96. The molecule has 0 saturated heterocycles. The number of benzene rings is 1. The van der Waals surface area contributed by atoms with Crippen LogP contribution in [0.25, 0.3) is 0 Å². The van der Waals surface area contributed by atoms with Crippen molar-refractivity contribution in [1.29, 1.82) is 0 Å². The summed E-state index contributed by atoms with van der Waals surface area (Å²) in [5, 5.41) is 5.49. The highest BCUT2D eigenvalue weighted by Gasteiger charge is 2.28. The molecular formula is C20H26N4O4. The maximum absolute atomic E-state index is 12.5. The van der Waals surface area contributed by atoms with Gasteiger partial charge in [-0.2, -0.15) is 0 Å². The number of aliphatic imine (C=N–C) groups is 2. The van der Waals surface area contributed by atoms with Crippen LogP contribution >= 0.6 is 0 Å². The number of amides is 2. The van der Waals surface area contributed by atoms with Gasteiger partial charge in [0.25, 0.3) is 11.8 Å². The Balaban J connectivity index is 1.68. The first-order chi connectivity index (χ1) is 13.3. The predicted octanol–water partition coefficient (Wildman–Crippen LogP) is 2.47. The van der Waals surface area contributed by atoms with Crippen molar-refractivity contribution in [1.82, 2.24) is 0 Å². The number of para-hydroxylation sites is 2. The largest absolute Gasteiger partial charge is 0.472 e. The molecule has 0 spiro atoms. The van der Waals surface area contributed by atoms with Crippen LogP contribution in [0.2, 0.25) is 0 Å². The molecule has 2 atom stereocenters. The average molecular weight is 386 g/mol. The van der Waals surface area contributed by atoms with E-state index in [1.807, 2.05) is 27.7 Å². The summed E-state index contributed by atoms with van der Waals surface area (Å²) in [4.78, 5) is 33.6. The van der Waals surface area contributed by atoms with E-state index >= 15 is 0 Å². The first-order valence-electron chi connectivity index (χ1n) is 9.48. The van der Waals surface area contributed by atoms with Gasteiger partial charge in [0.1, 0.15) is 13.2 Å². The SMILES string of the molecule is CC(C)[C@H]1COC(C(=O)Nc2ccccc2NC(=O)C2=N[C@@H](C(C)C)CO2)=N1. The quantitative estimate of drug-likeness (QED) is 0.784. The number of nitrogens with one attached hydrogen (secondary N) is 2. The standard InChI is InChI=1S/C20H26N4O4/c1-11(2)15-9-27-19(23-15)17(25)21-13-7-5-6-8-14(13)22-18(26)20-24-16(10-28-20)12(3)4/h5-8,11-12,15-16H,9-10H2,1-4H3,(H,21,25)(H,22,26)/t15-,16-/m1/s1. The zero-order valence-corrected chi connectivity index (χ0v) is 16.6. The van der Waals surface area contributed by atoms with Crippen LogP contribution < -0.4 is 10.6 Å². The fraction of sp³-hybridized carbons (Fsp3) is 0.500. The van der Waals surface area contributed by atoms with E-state index in [4.69, 9.17) is 9.47 Å². The van der Waals surface area contributed by atoms with E-state index in [2.05, 4.69) is 20.6 Å². The summed E-state index contributed by atoms with van der Waals surface area (Å²) in [6.45, 7) is 8.91. The van der Waals surface area contributed by atoms with E-state index in [-0.39, 0.29) is 23.9 Å². The van der Waals surface area contributed by atoms with Crippen molar-refractivity contribution < 1.29 is 19.1 Å². The summed E-state index contributed by atoms with van der Waals surface area (Å²) in [6.07, 6.45) is 0. The molecule has 0 aliphatic carbocycles. The van der Waals surface area contributed by atoms with Gasteiger partial charge < -0.3 is 20.1 Å². The molecule has 8 nitrogen and oxygen atoms in total. The summed E-state index contributed by atoms with van der Waals surface area (Å²) in [7, 11) is 0. The maximum atomic E-state index is 12.5. The monoisotopic (exact) mass is 386 g/mol. The molecule has 2 heterocycles. The van der Waals surface area contributed by atoms with Gasteiger partial charge in [0, 0.05) is 0 Å². The van der Waals surface area contributed by atoms with E-state index in [0.717, 1.165) is 0 Å². The number of nitrogens with zero attached hydrogens (tertiary/aromatic N) is 2. The van der Waals surface area contributed by atoms with Gasteiger partial charge in [-0.1, -0.05) is 39.8 Å². The lowest BCUT2D eigenvalue weighted by molar-refractivity contribution is -0.112. The van der Waals surface area contributed by atoms with E-state index in [9.17, 15) is 9.59 Å². The summed E-state index contributed by atoms with van der Waals surface area (Å²) in [6, 6.07) is 6.86. The molecule has 0 bridgehead atoms. The van der Waals surface area contributed by atoms with Gasteiger partial charge in [0.05, 0.1) is 23.5 Å². The van der Waals surface area contributed by atoms with E-state index in [1.54, 1.807) is 24.3 Å². The molecule has 150 valence electrons. The number of hydrogen-bond acceptors (Lipinski definition) is 6. The van der Waals surface area contributed by atoms with Crippen LogP contribution in [0.3, 0.4) is 0 Å². The second kappa shape index (κ2) is 8.41. The van der Waals surface area contributed by atoms with Crippen LogP contribution in [0.1, 0.15) is 27.7 Å². The van der Waals surface area contributed by atoms with E-state index in [1.165, 1.54) is 0 Å². The van der Waals surface area contributed by atoms with Crippen LogP contribution in [-0.4, -0.2) is 48.9 Å². The molecule has 0 radical (unpaired) electrons. The third kappa shape index (κ3) is 4.49. The lowest BCUT2D eigenvalue weighted by Crippen LogP contribution is -2.26. The highest BCUT2D eigenvalue weighted by Crippen LogP contribution is 2.23. The molecule has 0 aromatic heterocycles. The molecule has 1 aromatic carbocycles. The molecule has 28 heavy (non-hydrogen) atoms. The molecule has 2 amide bonds. The van der Waals surface area contributed by atoms with Gasteiger partial charge in [-0.25, -0.2) is 9.98 Å². The Labute approximate surface area is 164 Å². The third-order valence-electron chi connectivity index (χ3n) is 4.70. The summed E-state index contributed by atoms with van der Waals surface area (Å²) < 4.78 is 10.8. The predicted molar refractivity (Wildman–Crippen MR) is 108 cm³/mol. The smallest absolute Gasteiger partial charge is 0.310 e. The molecule has 2 aliphatic heterocycles. The van der Waals surface area contributed by atoms with E-state index < -0.39 is 11.8 Å². The maximum Gasteiger partial charge on any atom is 0.310 e. The van der Waals surface area contributed by atoms with Gasteiger partial charge in [0.2, 0.25) is 0 Å². The Hall–Kier alpha value is -2.90. The van der Waals surface area contributed by atoms with Gasteiger partial charge >= 0.3 is 11.8 Å². The third-order valence-corrected chi connectivity index (χ3v) is 4.70. The molecule has 0 unspecified atom stereocenters. The van der Waals surface area contributed by atoms with Gasteiger partial charge in [-0.05, 0) is 24.0 Å². The van der Waals surface area contributed by atoms with Gasteiger partial charge in [0.15, 0.2) is 0 Å². The van der Waals surface area contributed by atoms with Crippen molar-refractivity contribution in [2.24, 2.45) is 21.8 Å². The minimum absolute atomic E-state index is 0.0258. The van der Waals surface area contributed by atoms with Crippen LogP contribution in [0.15, 0.2) is 34.3 Å². The summed E-state index contributed by atoms with van der Waals surface area (Å²) in [5.41, 5.74) is 0.887. The van der Waals surface area contributed by atoms with Crippen LogP contribution in [0.5, 0.6) is 0 Å². The zero-order valence-electron chi connectivity index (χ0n) is 16.6. The van der Waals surface area contributed by atoms with Crippen molar-refractivity contribution in [3.63, 3.8) is 0 Å². The number of carbonyl (C=O) groups excluding carboxylic acids is 2. The fourth-order valence-electron chi connectivity index (χ4n) is 2.76. The zero-order chi connectivity index (χ0) is 20.3. The Morgan fingerprint density at radius 1 is 0.857 bits per heavy atom. The molecule has 8 heteroatoms. The number of ether oxygens (including phenoxy) is 2.